The van der Waals surface area contributed by atoms with Gasteiger partial charge in [0, 0.05) is 43.1 Å². The first-order valence-corrected chi connectivity index (χ1v) is 12.0. The van der Waals surface area contributed by atoms with Crippen LogP contribution in [0, 0.1) is 0 Å². The molecule has 0 amide bonds. The highest BCUT2D eigenvalue weighted by Gasteiger charge is 2.40. The maximum atomic E-state index is 5.83. The van der Waals surface area contributed by atoms with E-state index < -0.39 is 0 Å². The molecule has 0 spiro atoms. The zero-order chi connectivity index (χ0) is 23.2. The van der Waals surface area contributed by atoms with Crippen LogP contribution in [0.25, 0.3) is 0 Å². The van der Waals surface area contributed by atoms with Crippen molar-refractivity contribution in [3.63, 3.8) is 0 Å². The van der Waals surface area contributed by atoms with Gasteiger partial charge in [0.15, 0.2) is 5.11 Å². The molecule has 172 valence electrons. The number of nitrogens with zero attached hydrogens (tertiary/aromatic N) is 4. The molecule has 2 atom stereocenters. The lowest BCUT2D eigenvalue weighted by Gasteiger charge is -2.29. The fourth-order valence-electron chi connectivity index (χ4n) is 4.51. The fourth-order valence-corrected chi connectivity index (χ4v) is 4.84. The minimum atomic E-state index is -0.0202. The van der Waals surface area contributed by atoms with Crippen LogP contribution in [0.2, 0.25) is 0 Å². The van der Waals surface area contributed by atoms with Gasteiger partial charge in [-0.1, -0.05) is 30.3 Å². The van der Waals surface area contributed by atoms with Gasteiger partial charge in [0.25, 0.3) is 0 Å². The van der Waals surface area contributed by atoms with Crippen molar-refractivity contribution in [2.75, 3.05) is 18.4 Å². The molecule has 4 aromatic rings. The molecule has 2 N–H and O–H groups in total. The van der Waals surface area contributed by atoms with Crippen molar-refractivity contribution in [1.82, 2.24) is 24.8 Å². The van der Waals surface area contributed by atoms with Crippen LogP contribution in [-0.4, -0.2) is 37.6 Å². The maximum Gasteiger partial charge on any atom is 0.170 e. The van der Waals surface area contributed by atoms with Gasteiger partial charge < -0.3 is 20.1 Å². The number of benzene rings is 1. The number of hydrogen-bond donors (Lipinski definition) is 2. The number of rotatable bonds is 9. The van der Waals surface area contributed by atoms with E-state index in [0.29, 0.717) is 6.54 Å². The summed E-state index contributed by atoms with van der Waals surface area (Å²) in [6.07, 6.45) is 6.77. The van der Waals surface area contributed by atoms with Gasteiger partial charge in [-0.15, -0.1) is 0 Å². The predicted molar refractivity (Wildman–Crippen MR) is 139 cm³/mol. The molecule has 5 rings (SSSR count). The van der Waals surface area contributed by atoms with Crippen LogP contribution in [0.1, 0.15) is 35.6 Å². The summed E-state index contributed by atoms with van der Waals surface area (Å²) in [5.74, 6) is 0. The molecule has 1 aromatic carbocycles. The van der Waals surface area contributed by atoms with Gasteiger partial charge in [-0.3, -0.25) is 9.97 Å². The van der Waals surface area contributed by atoms with Crippen LogP contribution < -0.4 is 10.6 Å². The number of pyridine rings is 2. The zero-order valence-electron chi connectivity index (χ0n) is 18.9. The van der Waals surface area contributed by atoms with E-state index in [0.717, 1.165) is 41.7 Å². The number of anilines is 1. The van der Waals surface area contributed by atoms with Gasteiger partial charge in [-0.05, 0) is 67.2 Å². The second-order valence-electron chi connectivity index (χ2n) is 8.35. The average Bonchev–Trinajstić information content (AvgIpc) is 3.47. The van der Waals surface area contributed by atoms with E-state index in [1.807, 2.05) is 54.9 Å². The number of aromatic nitrogens is 3. The van der Waals surface area contributed by atoms with Crippen LogP contribution in [0.4, 0.5) is 5.69 Å². The lowest BCUT2D eigenvalue weighted by Crippen LogP contribution is -2.32. The van der Waals surface area contributed by atoms with Gasteiger partial charge in [-0.25, -0.2) is 0 Å². The van der Waals surface area contributed by atoms with Crippen molar-refractivity contribution in [3.05, 3.63) is 115 Å². The Bertz CT molecular complexity index is 1200. The molecule has 1 aliphatic rings. The Balaban J connectivity index is 1.38. The highest BCUT2D eigenvalue weighted by atomic mass is 32.1. The molecule has 0 saturated carbocycles. The van der Waals surface area contributed by atoms with Gasteiger partial charge in [0.1, 0.15) is 0 Å². The first-order valence-electron chi connectivity index (χ1n) is 11.6. The molecule has 34 heavy (non-hydrogen) atoms. The molecule has 6 nitrogen and oxygen atoms in total. The minimum Gasteiger partial charge on any atom is -0.385 e. The Morgan fingerprint density at radius 3 is 2.44 bits per heavy atom. The van der Waals surface area contributed by atoms with Crippen LogP contribution in [0.15, 0.2) is 97.5 Å². The number of para-hydroxylation sites is 1. The molecule has 0 bridgehead atoms. The summed E-state index contributed by atoms with van der Waals surface area (Å²) in [5.41, 5.74) is 4.35. The summed E-state index contributed by atoms with van der Waals surface area (Å²) >= 11 is 5.83. The second kappa shape index (κ2) is 10.5. The van der Waals surface area contributed by atoms with Crippen LogP contribution in [-0.2, 0) is 6.54 Å². The number of nitrogens with one attached hydrogen (secondary N) is 2. The summed E-state index contributed by atoms with van der Waals surface area (Å²) in [6, 6.07) is 26.7. The van der Waals surface area contributed by atoms with Crippen molar-refractivity contribution in [2.45, 2.75) is 25.0 Å². The SMILES string of the molecule is S=C1N[C@H](c2ccccn2)[C@H](c2cccn2Cc2ccccn2)N1CCCNc1ccccc1. The monoisotopic (exact) mass is 468 g/mol. The first-order chi connectivity index (χ1) is 16.8. The lowest BCUT2D eigenvalue weighted by atomic mass is 10.0. The third-order valence-electron chi connectivity index (χ3n) is 6.10. The molecule has 1 fully saturated rings. The number of thiocarbonyl (C=S) groups is 1. The topological polar surface area (TPSA) is 58.0 Å². The van der Waals surface area contributed by atoms with Crippen LogP contribution in [0.3, 0.4) is 0 Å². The summed E-state index contributed by atoms with van der Waals surface area (Å²) in [5, 5.41) is 7.83. The Labute approximate surface area is 205 Å². The molecule has 0 unspecified atom stereocenters. The standard InChI is InChI=1S/C27H28N6S/c34-27-31-25(23-13-5-7-16-30-23)26(33(27)19-9-17-28-21-10-2-1-3-11-21)24-14-8-18-32(24)20-22-12-4-6-15-29-22/h1-8,10-16,18,25-26,28H,9,17,19-20H2,(H,31,34)/t25-,26+/m1/s1. The summed E-state index contributed by atoms with van der Waals surface area (Å²) < 4.78 is 2.27. The smallest absolute Gasteiger partial charge is 0.170 e. The predicted octanol–water partition coefficient (Wildman–Crippen LogP) is 4.80. The van der Waals surface area contributed by atoms with Crippen molar-refractivity contribution in [2.24, 2.45) is 0 Å². The molecule has 0 aliphatic carbocycles. The first kappa shape index (κ1) is 22.1. The summed E-state index contributed by atoms with van der Waals surface area (Å²) in [7, 11) is 0. The Morgan fingerprint density at radius 1 is 0.882 bits per heavy atom. The average molecular weight is 469 g/mol. The van der Waals surface area contributed by atoms with Crippen LogP contribution in [0.5, 0.6) is 0 Å². The van der Waals surface area contributed by atoms with Crippen LogP contribution >= 0.6 is 12.2 Å². The molecular weight excluding hydrogens is 440 g/mol. The zero-order valence-corrected chi connectivity index (χ0v) is 19.7. The molecular formula is C27H28N6S. The normalized spacial score (nSPS) is 17.5. The lowest BCUT2D eigenvalue weighted by molar-refractivity contribution is 0.303. The largest absolute Gasteiger partial charge is 0.385 e. The molecule has 1 aliphatic heterocycles. The van der Waals surface area contributed by atoms with E-state index in [2.05, 4.69) is 72.7 Å². The number of hydrogen-bond acceptors (Lipinski definition) is 4. The quantitative estimate of drug-likeness (QED) is 0.272. The van der Waals surface area contributed by atoms with E-state index in [1.54, 1.807) is 0 Å². The Hall–Kier alpha value is -3.71. The fraction of sp³-hybridized carbons (Fsp3) is 0.222. The Kier molecular flexibility index (Phi) is 6.81. The van der Waals surface area contributed by atoms with Gasteiger partial charge in [-0.2, -0.15) is 0 Å². The van der Waals surface area contributed by atoms with Gasteiger partial charge >= 0.3 is 0 Å². The maximum absolute atomic E-state index is 5.83. The van der Waals surface area contributed by atoms with E-state index >= 15 is 0 Å². The second-order valence-corrected chi connectivity index (χ2v) is 8.74. The van der Waals surface area contributed by atoms with E-state index in [-0.39, 0.29) is 12.1 Å². The summed E-state index contributed by atoms with van der Waals surface area (Å²) in [6.45, 7) is 2.43. The van der Waals surface area contributed by atoms with Gasteiger partial charge in [0.2, 0.25) is 0 Å². The minimum absolute atomic E-state index is 0.0202. The van der Waals surface area contributed by atoms with E-state index in [4.69, 9.17) is 12.2 Å². The van der Waals surface area contributed by atoms with Crippen molar-refractivity contribution in [1.29, 1.82) is 0 Å². The van der Waals surface area contributed by atoms with Crippen molar-refractivity contribution in [3.8, 4) is 0 Å². The van der Waals surface area contributed by atoms with Crippen molar-refractivity contribution >= 4 is 23.0 Å². The Morgan fingerprint density at radius 2 is 1.68 bits per heavy atom. The van der Waals surface area contributed by atoms with E-state index in [9.17, 15) is 0 Å². The van der Waals surface area contributed by atoms with Gasteiger partial charge in [0.05, 0.1) is 30.0 Å². The molecule has 4 heterocycles. The third-order valence-corrected chi connectivity index (χ3v) is 6.46. The van der Waals surface area contributed by atoms with E-state index in [1.165, 1.54) is 5.69 Å². The van der Waals surface area contributed by atoms with Crippen molar-refractivity contribution < 1.29 is 0 Å². The molecule has 1 saturated heterocycles. The summed E-state index contributed by atoms with van der Waals surface area (Å²) in [4.78, 5) is 11.5. The third kappa shape index (κ3) is 4.94. The highest BCUT2D eigenvalue weighted by Crippen LogP contribution is 2.38. The molecule has 7 heteroatoms. The highest BCUT2D eigenvalue weighted by molar-refractivity contribution is 7.80. The molecule has 0 radical (unpaired) electrons. The molecule has 3 aromatic heterocycles.